The number of piperidine rings is 1. The molecule has 0 amide bonds. The van der Waals surface area contributed by atoms with Crippen molar-refractivity contribution >= 4 is 29.1 Å². The van der Waals surface area contributed by atoms with Gasteiger partial charge in [0.1, 0.15) is 11.9 Å². The minimum Gasteiger partial charge on any atom is -0.490 e. The highest BCUT2D eigenvalue weighted by Crippen LogP contribution is 2.42. The highest BCUT2D eigenvalue weighted by atomic mass is 35.5. The summed E-state index contributed by atoms with van der Waals surface area (Å²) in [5, 5.41) is 11.3. The molecule has 1 aliphatic heterocycles. The van der Waals surface area contributed by atoms with Crippen molar-refractivity contribution in [3.8, 4) is 5.75 Å². The van der Waals surface area contributed by atoms with Crippen LogP contribution in [0.5, 0.6) is 5.75 Å². The van der Waals surface area contributed by atoms with E-state index in [1.165, 1.54) is 0 Å². The first-order valence-electron chi connectivity index (χ1n) is 9.88. The third kappa shape index (κ3) is 5.13. The van der Waals surface area contributed by atoms with E-state index in [2.05, 4.69) is 25.8 Å². The molecule has 2 heterocycles. The van der Waals surface area contributed by atoms with E-state index in [-0.39, 0.29) is 35.7 Å². The minimum atomic E-state index is -4.59. The first-order valence-corrected chi connectivity index (χ1v) is 10.3. The predicted molar refractivity (Wildman–Crippen MR) is 113 cm³/mol. The van der Waals surface area contributed by atoms with Crippen molar-refractivity contribution in [2.24, 2.45) is 0 Å². The van der Waals surface area contributed by atoms with E-state index in [4.69, 9.17) is 22.1 Å². The van der Waals surface area contributed by atoms with Crippen LogP contribution in [0.1, 0.15) is 24.8 Å². The molecule has 2 aromatic rings. The smallest absolute Gasteiger partial charge is 0.416 e. The molecule has 1 aliphatic carbocycles. The number of halogens is 4. The van der Waals surface area contributed by atoms with E-state index in [1.54, 1.807) is 24.3 Å². The normalized spacial score (nSPS) is 20.5. The largest absolute Gasteiger partial charge is 0.490 e. The second-order valence-electron chi connectivity index (χ2n) is 7.43. The van der Waals surface area contributed by atoms with Crippen LogP contribution < -0.4 is 21.1 Å². The summed E-state index contributed by atoms with van der Waals surface area (Å²) in [4.78, 5) is 3.85. The lowest BCUT2D eigenvalue weighted by Crippen LogP contribution is -2.34. The van der Waals surface area contributed by atoms with Crippen LogP contribution in [0.15, 0.2) is 41.6 Å². The third-order valence-corrected chi connectivity index (χ3v) is 5.53. The number of aromatic nitrogens is 3. The summed E-state index contributed by atoms with van der Waals surface area (Å²) < 4.78 is 47.6. The molecule has 5 N–H and O–H groups in total. The molecule has 0 spiro atoms. The van der Waals surface area contributed by atoms with Gasteiger partial charge in [0, 0.05) is 12.1 Å². The molecule has 2 aliphatic rings. The van der Waals surface area contributed by atoms with Gasteiger partial charge in [-0.2, -0.15) is 18.2 Å². The fourth-order valence-corrected chi connectivity index (χ4v) is 4.14. The van der Waals surface area contributed by atoms with Gasteiger partial charge in [0.2, 0.25) is 11.9 Å². The Morgan fingerprint density at radius 1 is 1.16 bits per heavy atom. The molecule has 7 nitrogen and oxygen atoms in total. The average Bonchev–Trinajstić information content (AvgIpc) is 3.13. The molecule has 1 fully saturated rings. The summed E-state index contributed by atoms with van der Waals surface area (Å²) >= 11 is 6.43. The van der Waals surface area contributed by atoms with Crippen molar-refractivity contribution in [2.45, 2.75) is 36.9 Å². The zero-order valence-corrected chi connectivity index (χ0v) is 17.2. The second-order valence-corrected chi connectivity index (χ2v) is 7.95. The number of nitrogens with two attached hydrogens (primary N) is 1. The lowest BCUT2D eigenvalue weighted by atomic mass is 9.89. The van der Waals surface area contributed by atoms with Crippen LogP contribution in [0.2, 0.25) is 0 Å². The molecule has 4 rings (SSSR count). The zero-order valence-electron chi connectivity index (χ0n) is 16.5. The molecule has 0 radical (unpaired) electrons. The number of alkyl halides is 4. The number of benzene rings is 1. The van der Waals surface area contributed by atoms with Gasteiger partial charge in [-0.05, 0) is 55.3 Å². The Morgan fingerprint density at radius 2 is 1.87 bits per heavy atom. The topological polar surface area (TPSA) is 101 Å². The molecular formula is C20H22ClF3N6O. The number of hydrogen-bond donors (Lipinski definition) is 4. The number of rotatable bonds is 5. The first-order chi connectivity index (χ1) is 14.8. The van der Waals surface area contributed by atoms with Gasteiger partial charge in [-0.15, -0.1) is 16.7 Å². The Hall–Kier alpha value is -2.72. The van der Waals surface area contributed by atoms with Crippen molar-refractivity contribution in [1.29, 1.82) is 0 Å². The molecule has 1 unspecified atom stereocenters. The number of ether oxygens (including phenoxy) is 1. The van der Waals surface area contributed by atoms with Crippen molar-refractivity contribution in [2.75, 3.05) is 24.1 Å². The number of nitrogens with one attached hydrogen (secondary N) is 3. The predicted octanol–water partition coefficient (Wildman–Crippen LogP) is 3.84. The quantitative estimate of drug-likeness (QED) is 0.512. The number of H-pyrrole nitrogens is 1. The number of anilines is 2. The molecule has 0 bridgehead atoms. The van der Waals surface area contributed by atoms with Crippen LogP contribution in [-0.4, -0.2) is 45.9 Å². The van der Waals surface area contributed by atoms with E-state index in [1.807, 2.05) is 0 Å². The molecular weight excluding hydrogens is 433 g/mol. The summed E-state index contributed by atoms with van der Waals surface area (Å²) in [6.45, 7) is 1.78. The molecule has 1 aromatic carbocycles. The van der Waals surface area contributed by atoms with Crippen molar-refractivity contribution in [3.63, 3.8) is 0 Å². The van der Waals surface area contributed by atoms with Gasteiger partial charge in [-0.3, -0.25) is 0 Å². The summed E-state index contributed by atoms with van der Waals surface area (Å²) in [7, 11) is 0. The van der Waals surface area contributed by atoms with Gasteiger partial charge in [-0.1, -0.05) is 12.1 Å². The van der Waals surface area contributed by atoms with Gasteiger partial charge in [0.25, 0.3) is 0 Å². The first kappa shape index (κ1) is 21.5. The highest BCUT2D eigenvalue weighted by Gasteiger charge is 2.39. The van der Waals surface area contributed by atoms with Crippen molar-refractivity contribution < 1.29 is 17.9 Å². The molecule has 31 heavy (non-hydrogen) atoms. The Kier molecular flexibility index (Phi) is 6.10. The molecule has 1 aromatic heterocycles. The number of aromatic amines is 1. The maximum atomic E-state index is 13.9. The standard InChI is InChI=1S/C20H22ClF3N6O/c21-16-10-12(27-19-28-18(25)29-30-19)9-15(20(22,23)24)17(16)11-1-3-13(4-2-11)31-14-5-7-26-8-6-14/h1-4,9,14,16,26H,5-8,10H2,(H4,25,27,28,29,30). The Balaban J connectivity index is 1.60. The third-order valence-electron chi connectivity index (χ3n) is 5.16. The van der Waals surface area contributed by atoms with Crippen LogP contribution in [0.4, 0.5) is 25.1 Å². The van der Waals surface area contributed by atoms with Gasteiger partial charge in [0.05, 0.1) is 11.0 Å². The number of nitrogen functional groups attached to an aromatic ring is 1. The van der Waals surface area contributed by atoms with Crippen molar-refractivity contribution in [1.82, 2.24) is 20.5 Å². The number of allylic oxidation sites excluding steroid dienone is 4. The minimum absolute atomic E-state index is 0.0302. The molecule has 1 atom stereocenters. The average molecular weight is 455 g/mol. The molecule has 166 valence electrons. The molecule has 11 heteroatoms. The highest BCUT2D eigenvalue weighted by molar-refractivity contribution is 6.27. The Morgan fingerprint density at radius 3 is 2.48 bits per heavy atom. The summed E-state index contributed by atoms with van der Waals surface area (Å²) in [5.41, 5.74) is 5.34. The maximum absolute atomic E-state index is 13.9. The fourth-order valence-electron chi connectivity index (χ4n) is 3.73. The lowest BCUT2D eigenvalue weighted by molar-refractivity contribution is -0.0879. The number of nitrogens with zero attached hydrogens (tertiary/aromatic N) is 2. The zero-order chi connectivity index (χ0) is 22.0. The summed E-state index contributed by atoms with van der Waals surface area (Å²) in [6, 6.07) is 6.62. The lowest BCUT2D eigenvalue weighted by Gasteiger charge is -2.27. The monoisotopic (exact) mass is 454 g/mol. The fraction of sp³-hybridized carbons (Fsp3) is 0.400. The molecule has 0 saturated carbocycles. The van der Waals surface area contributed by atoms with E-state index < -0.39 is 17.1 Å². The summed E-state index contributed by atoms with van der Waals surface area (Å²) in [5.74, 6) is 0.768. The van der Waals surface area contributed by atoms with Crippen LogP contribution in [0, 0.1) is 0 Å². The maximum Gasteiger partial charge on any atom is 0.416 e. The van der Waals surface area contributed by atoms with Crippen LogP contribution in [0.3, 0.4) is 0 Å². The van der Waals surface area contributed by atoms with Crippen LogP contribution in [-0.2, 0) is 0 Å². The van der Waals surface area contributed by atoms with Gasteiger partial charge < -0.3 is 21.1 Å². The van der Waals surface area contributed by atoms with Gasteiger partial charge in [-0.25, -0.2) is 5.10 Å². The van der Waals surface area contributed by atoms with E-state index >= 15 is 0 Å². The van der Waals surface area contributed by atoms with Crippen LogP contribution in [0.25, 0.3) is 5.57 Å². The van der Waals surface area contributed by atoms with Crippen molar-refractivity contribution in [3.05, 3.63) is 47.2 Å². The Labute approximate surface area is 181 Å². The van der Waals surface area contributed by atoms with E-state index in [0.29, 0.717) is 11.3 Å². The van der Waals surface area contributed by atoms with E-state index in [0.717, 1.165) is 32.0 Å². The van der Waals surface area contributed by atoms with Gasteiger partial charge >= 0.3 is 6.18 Å². The number of hydrogen-bond acceptors (Lipinski definition) is 6. The SMILES string of the molecule is Nc1nc(NC2=CC(C(F)(F)F)=C(c3ccc(OC4CCNCC4)cc3)C(Cl)C2)n[nH]1. The summed E-state index contributed by atoms with van der Waals surface area (Å²) in [6.07, 6.45) is -1.50. The second kappa shape index (κ2) is 8.80. The molecule has 1 saturated heterocycles. The van der Waals surface area contributed by atoms with Crippen LogP contribution >= 0.6 is 11.6 Å². The van der Waals surface area contributed by atoms with Gasteiger partial charge in [0.15, 0.2) is 0 Å². The van der Waals surface area contributed by atoms with E-state index in [9.17, 15) is 13.2 Å². The Bertz CT molecular complexity index is 980.